The van der Waals surface area contributed by atoms with Gasteiger partial charge in [0.1, 0.15) is 25.1 Å². The zero-order valence-electron chi connectivity index (χ0n) is 11.2. The Bertz CT molecular complexity index is 424. The number of aliphatic hydroxyl groups excluding tert-OH is 1. The van der Waals surface area contributed by atoms with Gasteiger partial charge in [-0.1, -0.05) is 23.2 Å². The minimum atomic E-state index is -2.46. The summed E-state index contributed by atoms with van der Waals surface area (Å²) < 4.78 is 33.6. The molecule has 1 rings (SSSR count). The zero-order valence-corrected chi connectivity index (χ0v) is 12.7. The molecule has 0 aromatic heterocycles. The van der Waals surface area contributed by atoms with Crippen LogP contribution >= 0.6 is 23.2 Å². The molecule has 0 spiro atoms. The quantitative estimate of drug-likeness (QED) is 0.641. The van der Waals surface area contributed by atoms with Gasteiger partial charge in [-0.15, -0.1) is 0 Å². The molecule has 0 heterocycles. The third-order valence-electron chi connectivity index (χ3n) is 2.38. The Labute approximate surface area is 131 Å². The first-order chi connectivity index (χ1) is 9.99. The Morgan fingerprint density at radius 3 is 2.62 bits per heavy atom. The lowest BCUT2D eigenvalue weighted by molar-refractivity contribution is 0.0177. The Hall–Kier alpha value is -0.660. The molecule has 0 fully saturated rings. The smallest absolute Gasteiger partial charge is 0.261 e. The Morgan fingerprint density at radius 1 is 1.19 bits per heavy atom. The molecule has 0 aliphatic heterocycles. The molecule has 1 unspecified atom stereocenters. The number of ether oxygens (including phenoxy) is 2. The van der Waals surface area contributed by atoms with Gasteiger partial charge in [-0.3, -0.25) is 0 Å². The summed E-state index contributed by atoms with van der Waals surface area (Å²) in [5, 5.41) is 13.3. The van der Waals surface area contributed by atoms with Crippen molar-refractivity contribution in [2.75, 3.05) is 32.9 Å². The number of halogens is 4. The lowest BCUT2D eigenvalue weighted by atomic mass is 10.3. The van der Waals surface area contributed by atoms with Gasteiger partial charge in [0.15, 0.2) is 0 Å². The summed E-state index contributed by atoms with van der Waals surface area (Å²) >= 11 is 11.6. The van der Waals surface area contributed by atoms with E-state index in [-0.39, 0.29) is 19.8 Å². The van der Waals surface area contributed by atoms with E-state index < -0.39 is 19.1 Å². The maximum atomic E-state index is 11.8. The fourth-order valence-corrected chi connectivity index (χ4v) is 1.69. The molecule has 1 aromatic rings. The largest absolute Gasteiger partial charge is 0.491 e. The van der Waals surface area contributed by atoms with E-state index in [1.807, 2.05) is 0 Å². The van der Waals surface area contributed by atoms with Gasteiger partial charge in [-0.2, -0.15) is 0 Å². The molecule has 0 aliphatic rings. The number of aliphatic hydroxyl groups is 1. The van der Waals surface area contributed by atoms with Crippen molar-refractivity contribution < 1.29 is 23.4 Å². The predicted octanol–water partition coefficient (Wildman–Crippen LogP) is 2.60. The third kappa shape index (κ3) is 8.38. The van der Waals surface area contributed by atoms with Crippen LogP contribution in [0.25, 0.3) is 0 Å². The van der Waals surface area contributed by atoms with Crippen LogP contribution in [-0.2, 0) is 4.74 Å². The highest BCUT2D eigenvalue weighted by Crippen LogP contribution is 2.26. The standard InChI is InChI=1S/C13H17Cl2F2NO3/c14-11-2-1-10(5-12(11)15)21-7-9(19)6-18-3-4-20-8-13(16)17/h1-2,5,9,13,18-19H,3-4,6-8H2. The van der Waals surface area contributed by atoms with Gasteiger partial charge < -0.3 is 19.9 Å². The molecule has 0 saturated carbocycles. The van der Waals surface area contributed by atoms with Crippen LogP contribution in [0.15, 0.2) is 18.2 Å². The summed E-state index contributed by atoms with van der Waals surface area (Å²) in [4.78, 5) is 0. The minimum absolute atomic E-state index is 0.0723. The maximum absolute atomic E-state index is 11.8. The van der Waals surface area contributed by atoms with Crippen LogP contribution in [0.3, 0.4) is 0 Å². The van der Waals surface area contributed by atoms with Crippen molar-refractivity contribution >= 4 is 23.2 Å². The van der Waals surface area contributed by atoms with E-state index >= 15 is 0 Å². The second-order valence-electron chi connectivity index (χ2n) is 4.21. The highest BCUT2D eigenvalue weighted by Gasteiger charge is 2.06. The van der Waals surface area contributed by atoms with E-state index in [0.29, 0.717) is 22.3 Å². The monoisotopic (exact) mass is 343 g/mol. The van der Waals surface area contributed by atoms with Crippen LogP contribution in [-0.4, -0.2) is 50.5 Å². The molecule has 0 bridgehead atoms. The molecule has 4 nitrogen and oxygen atoms in total. The van der Waals surface area contributed by atoms with Gasteiger partial charge in [-0.25, -0.2) is 8.78 Å². The fourth-order valence-electron chi connectivity index (χ4n) is 1.40. The van der Waals surface area contributed by atoms with E-state index in [2.05, 4.69) is 10.1 Å². The first kappa shape index (κ1) is 18.4. The summed E-state index contributed by atoms with van der Waals surface area (Å²) in [7, 11) is 0. The summed E-state index contributed by atoms with van der Waals surface area (Å²) in [6.07, 6.45) is -3.20. The first-order valence-electron chi connectivity index (χ1n) is 6.31. The number of benzene rings is 1. The van der Waals surface area contributed by atoms with E-state index in [1.165, 1.54) is 0 Å². The number of hydrogen-bond donors (Lipinski definition) is 2. The molecule has 0 aliphatic carbocycles. The van der Waals surface area contributed by atoms with Gasteiger partial charge >= 0.3 is 0 Å². The van der Waals surface area contributed by atoms with Crippen LogP contribution in [0.2, 0.25) is 10.0 Å². The second-order valence-corrected chi connectivity index (χ2v) is 5.03. The third-order valence-corrected chi connectivity index (χ3v) is 3.12. The number of alkyl halides is 2. The van der Waals surface area contributed by atoms with Crippen LogP contribution < -0.4 is 10.1 Å². The Balaban J connectivity index is 2.10. The topological polar surface area (TPSA) is 50.7 Å². The normalized spacial score (nSPS) is 12.7. The van der Waals surface area contributed by atoms with Gasteiger partial charge in [-0.05, 0) is 12.1 Å². The molecule has 0 amide bonds. The molecular weight excluding hydrogens is 327 g/mol. The molecule has 0 saturated heterocycles. The van der Waals surface area contributed by atoms with Gasteiger partial charge in [0.05, 0.1) is 16.7 Å². The van der Waals surface area contributed by atoms with Crippen LogP contribution in [0.5, 0.6) is 5.75 Å². The lowest BCUT2D eigenvalue weighted by Gasteiger charge is -2.13. The first-order valence-corrected chi connectivity index (χ1v) is 7.07. The van der Waals surface area contributed by atoms with Crippen molar-refractivity contribution in [2.24, 2.45) is 0 Å². The summed E-state index contributed by atoms with van der Waals surface area (Å²) in [5.41, 5.74) is 0. The van der Waals surface area contributed by atoms with E-state index in [0.717, 1.165) is 0 Å². The van der Waals surface area contributed by atoms with E-state index in [9.17, 15) is 13.9 Å². The van der Waals surface area contributed by atoms with Crippen molar-refractivity contribution in [3.8, 4) is 5.75 Å². The number of rotatable bonds is 10. The van der Waals surface area contributed by atoms with Crippen LogP contribution in [0, 0.1) is 0 Å². The highest BCUT2D eigenvalue weighted by molar-refractivity contribution is 6.42. The molecule has 8 heteroatoms. The van der Waals surface area contributed by atoms with Gasteiger partial charge in [0.2, 0.25) is 0 Å². The van der Waals surface area contributed by atoms with Crippen LogP contribution in [0.1, 0.15) is 0 Å². The van der Waals surface area contributed by atoms with Gasteiger partial charge in [0, 0.05) is 19.2 Å². The van der Waals surface area contributed by atoms with Crippen molar-refractivity contribution in [3.05, 3.63) is 28.2 Å². The van der Waals surface area contributed by atoms with Crippen molar-refractivity contribution in [1.82, 2.24) is 5.32 Å². The zero-order chi connectivity index (χ0) is 15.7. The molecule has 2 N–H and O–H groups in total. The van der Waals surface area contributed by atoms with Crippen molar-refractivity contribution in [2.45, 2.75) is 12.5 Å². The summed E-state index contributed by atoms with van der Waals surface area (Å²) in [6, 6.07) is 4.80. The minimum Gasteiger partial charge on any atom is -0.491 e. The second kappa shape index (κ2) is 10.1. The van der Waals surface area contributed by atoms with E-state index in [1.54, 1.807) is 18.2 Å². The SMILES string of the molecule is OC(CNCCOCC(F)F)COc1ccc(Cl)c(Cl)c1. The van der Waals surface area contributed by atoms with E-state index in [4.69, 9.17) is 27.9 Å². The lowest BCUT2D eigenvalue weighted by Crippen LogP contribution is -2.33. The fraction of sp³-hybridized carbons (Fsp3) is 0.538. The molecule has 120 valence electrons. The van der Waals surface area contributed by atoms with Crippen LogP contribution in [0.4, 0.5) is 8.78 Å². The molecule has 1 aromatic carbocycles. The molecular formula is C13H17Cl2F2NO3. The van der Waals surface area contributed by atoms with Crippen molar-refractivity contribution in [3.63, 3.8) is 0 Å². The molecule has 21 heavy (non-hydrogen) atoms. The summed E-state index contributed by atoms with van der Waals surface area (Å²) in [6.45, 7) is 0.286. The summed E-state index contributed by atoms with van der Waals surface area (Å²) in [5.74, 6) is 0.503. The average Bonchev–Trinajstić information content (AvgIpc) is 2.43. The maximum Gasteiger partial charge on any atom is 0.261 e. The molecule has 1 atom stereocenters. The Morgan fingerprint density at radius 2 is 1.95 bits per heavy atom. The average molecular weight is 344 g/mol. The molecule has 0 radical (unpaired) electrons. The number of hydrogen-bond acceptors (Lipinski definition) is 4. The van der Waals surface area contributed by atoms with Gasteiger partial charge in [0.25, 0.3) is 6.43 Å². The van der Waals surface area contributed by atoms with Crippen molar-refractivity contribution in [1.29, 1.82) is 0 Å². The Kier molecular flexibility index (Phi) is 8.87. The predicted molar refractivity (Wildman–Crippen MR) is 77.7 cm³/mol. The highest BCUT2D eigenvalue weighted by atomic mass is 35.5. The number of nitrogens with one attached hydrogen (secondary N) is 1.